The summed E-state index contributed by atoms with van der Waals surface area (Å²) in [5.74, 6) is 5.56. The summed E-state index contributed by atoms with van der Waals surface area (Å²) in [5.41, 5.74) is 6.12. The Morgan fingerprint density at radius 1 is 1.36 bits per heavy atom. The average Bonchev–Trinajstić information content (AvgIpc) is 2.05. The molecule has 3 heteroatoms. The second-order valence-electron chi connectivity index (χ2n) is 2.31. The van der Waals surface area contributed by atoms with Crippen LogP contribution in [0.15, 0.2) is 11.9 Å². The summed E-state index contributed by atoms with van der Waals surface area (Å²) in [5, 5.41) is 1.62. The summed E-state index contributed by atoms with van der Waals surface area (Å²) in [6.07, 6.45) is 1.50. The molecule has 68 valence electrons. The van der Waals surface area contributed by atoms with Gasteiger partial charge in [0.05, 0.1) is 0 Å². The Morgan fingerprint density at radius 2 is 1.73 bits per heavy atom. The van der Waals surface area contributed by atoms with E-state index in [0.29, 0.717) is 6.04 Å². The molecular weight excluding hydrogens is 138 g/mol. The van der Waals surface area contributed by atoms with Gasteiger partial charge >= 0.3 is 0 Å². The van der Waals surface area contributed by atoms with Crippen molar-refractivity contribution in [3.8, 4) is 0 Å². The van der Waals surface area contributed by atoms with E-state index in [4.69, 9.17) is 11.6 Å². The normalized spacial score (nSPS) is 10.6. The summed E-state index contributed by atoms with van der Waals surface area (Å²) in [4.78, 5) is 0. The van der Waals surface area contributed by atoms with E-state index in [1.54, 1.807) is 5.01 Å². The Bertz CT molecular complexity index is 108. The highest BCUT2D eigenvalue weighted by Gasteiger charge is 2.01. The molecule has 0 saturated heterocycles. The van der Waals surface area contributed by atoms with Gasteiger partial charge in [0.15, 0.2) is 0 Å². The molecule has 0 aromatic rings. The lowest BCUT2D eigenvalue weighted by molar-refractivity contribution is 0.293. The van der Waals surface area contributed by atoms with Gasteiger partial charge in [0.1, 0.15) is 0 Å². The van der Waals surface area contributed by atoms with Crippen molar-refractivity contribution < 1.29 is 0 Å². The molecule has 0 rings (SSSR count). The molecule has 0 spiro atoms. The Kier molecular flexibility index (Phi) is 8.71. The van der Waals surface area contributed by atoms with E-state index in [1.807, 2.05) is 34.6 Å². The van der Waals surface area contributed by atoms with Crippen molar-refractivity contribution in [3.05, 3.63) is 11.9 Å². The molecular formula is C8H21N3. The summed E-state index contributed by atoms with van der Waals surface area (Å²) >= 11 is 0. The fourth-order valence-corrected chi connectivity index (χ4v) is 0.493. The van der Waals surface area contributed by atoms with Crippen LogP contribution in [0.1, 0.15) is 34.6 Å². The molecule has 0 unspecified atom stereocenters. The van der Waals surface area contributed by atoms with Gasteiger partial charge in [0, 0.05) is 17.9 Å². The number of rotatable bonds is 2. The molecule has 0 aliphatic heterocycles. The molecule has 0 bridgehead atoms. The summed E-state index contributed by atoms with van der Waals surface area (Å²) < 4.78 is 0. The molecule has 0 saturated carbocycles. The first-order chi connectivity index (χ1) is 5.09. The topological polar surface area (TPSA) is 55.3 Å². The van der Waals surface area contributed by atoms with Crippen LogP contribution < -0.4 is 11.6 Å². The lowest BCUT2D eigenvalue weighted by Gasteiger charge is -2.22. The van der Waals surface area contributed by atoms with Crippen molar-refractivity contribution in [2.45, 2.75) is 40.7 Å². The maximum atomic E-state index is 5.56. The minimum Gasteiger partial charge on any atom is -0.403 e. The first kappa shape index (κ1) is 12.9. The van der Waals surface area contributed by atoms with Crippen molar-refractivity contribution in [1.82, 2.24) is 5.01 Å². The Balaban J connectivity index is 0. The summed E-state index contributed by atoms with van der Waals surface area (Å²) in [7, 11) is 0. The summed E-state index contributed by atoms with van der Waals surface area (Å²) in [6, 6.07) is 0.310. The molecule has 0 atom stereocenters. The lowest BCUT2D eigenvalue weighted by Crippen LogP contribution is -2.35. The van der Waals surface area contributed by atoms with Crippen molar-refractivity contribution in [2.75, 3.05) is 0 Å². The van der Waals surface area contributed by atoms with E-state index in [2.05, 4.69) is 0 Å². The largest absolute Gasteiger partial charge is 0.403 e. The van der Waals surface area contributed by atoms with Crippen LogP contribution in [0.25, 0.3) is 0 Å². The van der Waals surface area contributed by atoms with Crippen LogP contribution in [0.3, 0.4) is 0 Å². The lowest BCUT2D eigenvalue weighted by atomic mass is 10.3. The van der Waals surface area contributed by atoms with Gasteiger partial charge < -0.3 is 10.7 Å². The van der Waals surface area contributed by atoms with Crippen LogP contribution in [-0.4, -0.2) is 11.1 Å². The zero-order chi connectivity index (χ0) is 9.44. The third kappa shape index (κ3) is 5.73. The molecule has 3 nitrogen and oxygen atoms in total. The molecule has 0 aromatic heterocycles. The van der Waals surface area contributed by atoms with Crippen LogP contribution in [0.2, 0.25) is 0 Å². The number of allylic oxidation sites excluding steroid dienone is 1. The number of hydrogen-bond acceptors (Lipinski definition) is 3. The van der Waals surface area contributed by atoms with Gasteiger partial charge in [-0.1, -0.05) is 13.8 Å². The Hall–Kier alpha value is -0.700. The SMILES string of the molecule is C/C(=C/N)N(N)C(C)C.CC. The Morgan fingerprint density at radius 3 is 1.82 bits per heavy atom. The van der Waals surface area contributed by atoms with Crippen LogP contribution in [0.4, 0.5) is 0 Å². The highest BCUT2D eigenvalue weighted by atomic mass is 15.4. The van der Waals surface area contributed by atoms with Crippen molar-refractivity contribution >= 4 is 0 Å². The van der Waals surface area contributed by atoms with Crippen LogP contribution >= 0.6 is 0 Å². The first-order valence-electron chi connectivity index (χ1n) is 4.02. The predicted octanol–water partition coefficient (Wildman–Crippen LogP) is 1.42. The predicted molar refractivity (Wildman–Crippen MR) is 50.5 cm³/mol. The number of nitrogens with two attached hydrogens (primary N) is 2. The van der Waals surface area contributed by atoms with Gasteiger partial charge in [0.25, 0.3) is 0 Å². The van der Waals surface area contributed by atoms with Gasteiger partial charge in [-0.15, -0.1) is 0 Å². The smallest absolute Gasteiger partial charge is 0.0417 e. The highest BCUT2D eigenvalue weighted by Crippen LogP contribution is 1.99. The van der Waals surface area contributed by atoms with Gasteiger partial charge in [-0.25, -0.2) is 5.84 Å². The van der Waals surface area contributed by atoms with Gasteiger partial charge in [0.2, 0.25) is 0 Å². The monoisotopic (exact) mass is 159 g/mol. The maximum absolute atomic E-state index is 5.56. The maximum Gasteiger partial charge on any atom is 0.0417 e. The molecule has 0 radical (unpaired) electrons. The van der Waals surface area contributed by atoms with E-state index in [9.17, 15) is 0 Å². The molecule has 0 heterocycles. The zero-order valence-corrected chi connectivity index (χ0v) is 8.26. The van der Waals surface area contributed by atoms with Crippen molar-refractivity contribution in [1.29, 1.82) is 0 Å². The Labute approximate surface area is 70.0 Å². The molecule has 4 N–H and O–H groups in total. The third-order valence-electron chi connectivity index (χ3n) is 1.20. The van der Waals surface area contributed by atoms with E-state index in [1.165, 1.54) is 6.20 Å². The fourth-order valence-electron chi connectivity index (χ4n) is 0.493. The third-order valence-corrected chi connectivity index (χ3v) is 1.20. The van der Waals surface area contributed by atoms with Crippen LogP contribution in [0.5, 0.6) is 0 Å². The molecule has 11 heavy (non-hydrogen) atoms. The van der Waals surface area contributed by atoms with E-state index in [-0.39, 0.29) is 0 Å². The minimum absolute atomic E-state index is 0.310. The average molecular weight is 159 g/mol. The second kappa shape index (κ2) is 7.41. The van der Waals surface area contributed by atoms with Gasteiger partial charge in [-0.2, -0.15) is 0 Å². The van der Waals surface area contributed by atoms with Crippen LogP contribution in [-0.2, 0) is 0 Å². The minimum atomic E-state index is 0.310. The molecule has 0 amide bonds. The summed E-state index contributed by atoms with van der Waals surface area (Å²) in [6.45, 7) is 9.89. The molecule has 0 aliphatic rings. The number of hydrogen-bond donors (Lipinski definition) is 2. The van der Waals surface area contributed by atoms with Crippen molar-refractivity contribution in [3.63, 3.8) is 0 Å². The van der Waals surface area contributed by atoms with Gasteiger partial charge in [-0.05, 0) is 20.8 Å². The molecule has 0 aliphatic carbocycles. The molecule has 0 fully saturated rings. The van der Waals surface area contributed by atoms with E-state index < -0.39 is 0 Å². The quantitative estimate of drug-likeness (QED) is 0.473. The zero-order valence-electron chi connectivity index (χ0n) is 8.26. The molecule has 0 aromatic carbocycles. The first-order valence-corrected chi connectivity index (χ1v) is 4.02. The standard InChI is InChI=1S/C6H15N3.C2H6/c1-5(2)9(8)6(3)4-7;1-2/h4-5H,7-8H2,1-3H3;1-2H3/b6-4-;. The van der Waals surface area contributed by atoms with Gasteiger partial charge in [-0.3, -0.25) is 0 Å². The van der Waals surface area contributed by atoms with Crippen molar-refractivity contribution in [2.24, 2.45) is 11.6 Å². The number of nitrogens with zero attached hydrogens (tertiary/aromatic N) is 1. The fraction of sp³-hybridized carbons (Fsp3) is 0.750. The van der Waals surface area contributed by atoms with E-state index >= 15 is 0 Å². The van der Waals surface area contributed by atoms with Crippen LogP contribution in [0, 0.1) is 0 Å². The van der Waals surface area contributed by atoms with E-state index in [0.717, 1.165) is 5.70 Å². The second-order valence-corrected chi connectivity index (χ2v) is 2.31. The highest BCUT2D eigenvalue weighted by molar-refractivity contribution is 4.92. The number of hydrazine groups is 1.